The van der Waals surface area contributed by atoms with Crippen molar-refractivity contribution >= 4 is 45.0 Å². The highest BCUT2D eigenvalue weighted by atomic mass is 32.2. The smallest absolute Gasteiger partial charge is 0.358 e. The summed E-state index contributed by atoms with van der Waals surface area (Å²) in [7, 11) is 0.534. The first kappa shape index (κ1) is 56.1. The molecule has 0 atom stereocenters. The van der Waals surface area contributed by atoms with E-state index >= 15 is 0 Å². The summed E-state index contributed by atoms with van der Waals surface area (Å²) >= 11 is 0. The minimum Gasteiger partial charge on any atom is -0.464 e. The lowest BCUT2D eigenvalue weighted by Crippen LogP contribution is -2.35. The molecule has 0 unspecified atom stereocenters. The third-order valence-electron chi connectivity index (χ3n) is 13.3. The number of carbonyl (C=O) groups is 3. The highest BCUT2D eigenvalue weighted by Gasteiger charge is 2.25. The van der Waals surface area contributed by atoms with Gasteiger partial charge in [-0.15, -0.1) is 0 Å². The molecule has 0 aliphatic carbocycles. The fraction of sp³-hybridized carbons (Fsp3) is 0.481. The maximum atomic E-state index is 11.8. The fourth-order valence-corrected chi connectivity index (χ4v) is 9.94. The number of hydrogen-bond donors (Lipinski definition) is 1. The molecule has 0 saturated carbocycles. The lowest BCUT2D eigenvalue weighted by Gasteiger charge is -2.33. The number of carbonyl (C=O) groups excluding carboxylic acids is 3. The Kier molecular flexibility index (Phi) is 20.6. The number of hydrogen-bond acceptors (Lipinski definition) is 18. The van der Waals surface area contributed by atoms with Crippen LogP contribution < -0.4 is 14.7 Å². The molecule has 9 rings (SSSR count). The van der Waals surface area contributed by atoms with Crippen LogP contribution in [0.4, 0.5) is 17.1 Å². The van der Waals surface area contributed by atoms with E-state index in [0.29, 0.717) is 41.4 Å². The van der Waals surface area contributed by atoms with E-state index in [1.54, 1.807) is 23.7 Å². The van der Waals surface area contributed by atoms with Gasteiger partial charge in [-0.3, -0.25) is 24.3 Å². The van der Waals surface area contributed by atoms with E-state index in [4.69, 9.17) is 14.6 Å². The van der Waals surface area contributed by atoms with E-state index in [-0.39, 0.29) is 17.6 Å². The quantitative estimate of drug-likeness (QED) is 0.115. The molecule has 74 heavy (non-hydrogen) atoms. The Balaban J connectivity index is 0.000000165. The normalized spacial score (nSPS) is 15.4. The summed E-state index contributed by atoms with van der Waals surface area (Å²) in [6.45, 7) is 13.6. The predicted molar refractivity (Wildman–Crippen MR) is 280 cm³/mol. The minimum absolute atomic E-state index is 0.0181. The molecular weight excluding hydrogens is 969 g/mol. The molecule has 0 aromatic carbocycles. The number of pyridine rings is 3. The zero-order chi connectivity index (χ0) is 53.2. The number of esters is 3. The van der Waals surface area contributed by atoms with E-state index in [1.807, 2.05) is 80.0 Å². The molecule has 0 bridgehead atoms. The summed E-state index contributed by atoms with van der Waals surface area (Å²) < 4.78 is 40.8. The van der Waals surface area contributed by atoms with Crippen molar-refractivity contribution in [2.24, 2.45) is 17.8 Å². The van der Waals surface area contributed by atoms with Crippen molar-refractivity contribution in [2.45, 2.75) is 72.4 Å². The summed E-state index contributed by atoms with van der Waals surface area (Å²) in [5.41, 5.74) is 6.84. The summed E-state index contributed by atoms with van der Waals surface area (Å²) in [5, 5.41) is 21.4. The van der Waals surface area contributed by atoms with Gasteiger partial charge in [0, 0.05) is 119 Å². The van der Waals surface area contributed by atoms with Crippen molar-refractivity contribution in [3.63, 3.8) is 0 Å². The Morgan fingerprint density at radius 2 is 0.919 bits per heavy atom. The molecule has 0 amide bonds. The Labute approximate surface area is 433 Å². The molecule has 9 heterocycles. The van der Waals surface area contributed by atoms with Gasteiger partial charge in [0.25, 0.3) is 10.0 Å². The molecule has 0 radical (unpaired) electrons. The number of aryl methyl sites for hydroxylation is 3. The van der Waals surface area contributed by atoms with Gasteiger partial charge in [-0.1, -0.05) is 0 Å². The van der Waals surface area contributed by atoms with Crippen LogP contribution >= 0.6 is 0 Å². The van der Waals surface area contributed by atoms with Crippen molar-refractivity contribution < 1.29 is 42.1 Å². The van der Waals surface area contributed by atoms with Crippen LogP contribution in [0.1, 0.15) is 87.1 Å². The molecule has 3 saturated heterocycles. The van der Waals surface area contributed by atoms with Gasteiger partial charge in [-0.25, -0.2) is 22.8 Å². The second-order valence-electron chi connectivity index (χ2n) is 18.5. The molecule has 21 nitrogen and oxygen atoms in total. The van der Waals surface area contributed by atoms with Crippen LogP contribution in [-0.4, -0.2) is 149 Å². The van der Waals surface area contributed by atoms with E-state index < -0.39 is 16.0 Å². The topological polar surface area (TPSA) is 235 Å². The van der Waals surface area contributed by atoms with Crippen LogP contribution in [0.25, 0.3) is 0 Å². The van der Waals surface area contributed by atoms with Crippen molar-refractivity contribution in [1.29, 1.82) is 0 Å². The number of rotatable bonds is 12. The number of aromatic nitrogens is 9. The minimum atomic E-state index is -3.46. The van der Waals surface area contributed by atoms with Gasteiger partial charge in [-0.05, 0) is 132 Å². The van der Waals surface area contributed by atoms with Gasteiger partial charge < -0.3 is 34.0 Å². The maximum Gasteiger partial charge on any atom is 0.358 e. The van der Waals surface area contributed by atoms with Gasteiger partial charge in [0.05, 0.1) is 39.0 Å². The lowest BCUT2D eigenvalue weighted by molar-refractivity contribution is 0.0578. The predicted octanol–water partition coefficient (Wildman–Crippen LogP) is 5.66. The molecule has 1 N–H and O–H groups in total. The Morgan fingerprint density at radius 3 is 1.30 bits per heavy atom. The first-order valence-electron chi connectivity index (χ1n) is 24.8. The van der Waals surface area contributed by atoms with Crippen molar-refractivity contribution in [3.05, 3.63) is 126 Å². The van der Waals surface area contributed by atoms with Gasteiger partial charge >= 0.3 is 17.9 Å². The highest BCUT2D eigenvalue weighted by Crippen LogP contribution is 2.26. The Bertz CT molecular complexity index is 2800. The van der Waals surface area contributed by atoms with E-state index in [9.17, 15) is 22.8 Å². The molecular formula is C52H70N12O9S. The second-order valence-corrected chi connectivity index (χ2v) is 20.4. The number of nitrogens with zero attached hydrogens (tertiary/aromatic N) is 12. The molecule has 6 aromatic heterocycles. The molecule has 398 valence electrons. The van der Waals surface area contributed by atoms with Gasteiger partial charge in [0.15, 0.2) is 11.4 Å². The number of piperidine rings is 3. The first-order chi connectivity index (χ1) is 35.6. The number of aliphatic hydroxyl groups excluding tert-OH is 1. The first-order valence-corrected chi connectivity index (χ1v) is 26.6. The number of anilines is 3. The number of ether oxygens (including phenoxy) is 3. The van der Waals surface area contributed by atoms with Crippen LogP contribution in [0.5, 0.6) is 0 Å². The van der Waals surface area contributed by atoms with Crippen LogP contribution in [0, 0.1) is 38.5 Å². The standard InChI is InChI=1S/2C17H22N4O2.C11H16N2O.C7H10N2O4S/c1-13-11-16(17(22)23-2)19-21(13)12-14-5-9-20(10-6-14)15-3-7-18-8-4-15;1-13-11-16(17(22)23-2)21(19-13)12-14-5-9-20(10-6-14)15-3-7-18-8-4-15;14-9-10-3-7-13(8-4-10)11-1-5-12-6-2-11;1-5-4-6(7(10)13-2)8-9(5)14(3,11)12/h2*3-4,7-8,11,14H,5-6,9-10,12H2,1-2H3;1-2,5-6,10,14H,3-4,7-9H2;4H,1-3H3. The highest BCUT2D eigenvalue weighted by molar-refractivity contribution is 7.89. The second kappa shape index (κ2) is 27.2. The molecule has 0 spiro atoms. The third-order valence-corrected chi connectivity index (χ3v) is 14.3. The molecule has 3 fully saturated rings. The molecule has 6 aromatic rings. The summed E-state index contributed by atoms with van der Waals surface area (Å²) in [6.07, 6.45) is 18.6. The number of methoxy groups -OCH3 is 3. The van der Waals surface area contributed by atoms with E-state index in [1.165, 1.54) is 44.5 Å². The zero-order valence-electron chi connectivity index (χ0n) is 43.5. The zero-order valence-corrected chi connectivity index (χ0v) is 44.3. The van der Waals surface area contributed by atoms with Crippen molar-refractivity contribution in [1.82, 2.24) is 43.7 Å². The van der Waals surface area contributed by atoms with E-state index in [2.05, 4.69) is 61.8 Å². The van der Waals surface area contributed by atoms with E-state index in [0.717, 1.165) is 113 Å². The van der Waals surface area contributed by atoms with Gasteiger partial charge in [0.1, 0.15) is 5.69 Å². The molecule has 3 aliphatic rings. The van der Waals surface area contributed by atoms with Crippen LogP contribution in [0.2, 0.25) is 0 Å². The van der Waals surface area contributed by atoms with Gasteiger partial charge in [0.2, 0.25) is 0 Å². The van der Waals surface area contributed by atoms with Gasteiger partial charge in [-0.2, -0.15) is 19.4 Å². The monoisotopic (exact) mass is 1040 g/mol. The Hall–Kier alpha value is -7.20. The summed E-state index contributed by atoms with van der Waals surface area (Å²) in [5.74, 6) is 0.260. The maximum absolute atomic E-state index is 11.8. The molecule has 3 aliphatic heterocycles. The van der Waals surface area contributed by atoms with Crippen LogP contribution in [0.3, 0.4) is 0 Å². The largest absolute Gasteiger partial charge is 0.464 e. The fourth-order valence-electron chi connectivity index (χ4n) is 9.13. The lowest BCUT2D eigenvalue weighted by atomic mass is 9.96. The Morgan fingerprint density at radius 1 is 0.541 bits per heavy atom. The van der Waals surface area contributed by atoms with Crippen LogP contribution in [-0.2, 0) is 37.3 Å². The van der Waals surface area contributed by atoms with Crippen molar-refractivity contribution in [3.8, 4) is 0 Å². The average molecular weight is 1040 g/mol. The van der Waals surface area contributed by atoms with Crippen LogP contribution in [0.15, 0.2) is 91.8 Å². The summed E-state index contributed by atoms with van der Waals surface area (Å²) in [6, 6.07) is 17.2. The molecule has 22 heteroatoms. The third kappa shape index (κ3) is 15.9. The SMILES string of the molecule is COC(=O)c1cc(C)n(CC2CCN(c3ccncc3)CC2)n1.COC(=O)c1cc(C)n(S(C)(=O)=O)n1.COC(=O)c1cc(C)nn1CC1CCN(c2ccncc2)CC1.OCC1CCN(c2ccncc2)CC1. The van der Waals surface area contributed by atoms with Crippen molar-refractivity contribution in [2.75, 3.05) is 88.2 Å². The summed E-state index contributed by atoms with van der Waals surface area (Å²) in [4.78, 5) is 53.7. The number of aliphatic hydroxyl groups is 1. The average Bonchev–Trinajstić information content (AvgIpc) is 4.14.